The lowest BCUT2D eigenvalue weighted by Gasteiger charge is -2.31. The van der Waals surface area contributed by atoms with Crippen LogP contribution in [0.1, 0.15) is 0 Å². The average molecular weight is 257 g/mol. The quantitative estimate of drug-likeness (QED) is 0.307. The molecule has 1 aromatic heterocycles. The molecule has 0 amide bonds. The smallest absolute Gasteiger partial charge is 0.277 e. The maximum Gasteiger partial charge on any atom is 0.277 e. The second kappa shape index (κ2) is 4.80. The van der Waals surface area contributed by atoms with E-state index in [4.69, 9.17) is 10.8 Å². The Balaban J connectivity index is 2.22. The van der Waals surface area contributed by atoms with Gasteiger partial charge in [-0.2, -0.15) is 4.98 Å². The van der Waals surface area contributed by atoms with Gasteiger partial charge in [-0.1, -0.05) is 0 Å². The molecule has 1 aromatic rings. The van der Waals surface area contributed by atoms with Gasteiger partial charge in [-0.15, -0.1) is 0 Å². The van der Waals surface area contributed by atoms with Crippen LogP contribution in [-0.4, -0.2) is 56.7 Å². The first-order valence-electron chi connectivity index (χ1n) is 5.40. The number of anilines is 3. The summed E-state index contributed by atoms with van der Waals surface area (Å²) < 4.78 is 0. The minimum Gasteiger partial charge on any atom is -0.394 e. The Hall–Kier alpha value is -1.84. The number of aromatic nitrogens is 2. The van der Waals surface area contributed by atoms with Crippen molar-refractivity contribution in [2.45, 2.75) is 18.2 Å². The standard InChI is InChI=1S/C9H15N5O4/c10-9-13-7-5(8(18)14-9)12-3(1-11-7)6(17)4(16)2-15/h3-4,6,12,15-17H,1-2H2,(H4,10,11,13,14,18)/t3?,4-,6+/m1/s1. The van der Waals surface area contributed by atoms with E-state index in [9.17, 15) is 15.0 Å². The molecule has 2 heterocycles. The number of rotatable bonds is 3. The highest BCUT2D eigenvalue weighted by atomic mass is 16.4. The van der Waals surface area contributed by atoms with Crippen molar-refractivity contribution in [1.29, 1.82) is 0 Å². The maximum absolute atomic E-state index is 11.6. The largest absolute Gasteiger partial charge is 0.394 e. The van der Waals surface area contributed by atoms with Gasteiger partial charge in [0.1, 0.15) is 17.9 Å². The van der Waals surface area contributed by atoms with Gasteiger partial charge in [-0.05, 0) is 0 Å². The Morgan fingerprint density at radius 3 is 2.89 bits per heavy atom. The van der Waals surface area contributed by atoms with Gasteiger partial charge in [-0.25, -0.2) is 0 Å². The van der Waals surface area contributed by atoms with Crippen LogP contribution < -0.4 is 21.9 Å². The van der Waals surface area contributed by atoms with Gasteiger partial charge in [-0.3, -0.25) is 9.78 Å². The summed E-state index contributed by atoms with van der Waals surface area (Å²) in [5.74, 6) is 0.278. The molecule has 3 atom stereocenters. The van der Waals surface area contributed by atoms with Crippen LogP contribution in [0.2, 0.25) is 0 Å². The molecule has 0 fully saturated rings. The number of nitrogens with zero attached hydrogens (tertiary/aromatic N) is 1. The fraction of sp³-hybridized carbons (Fsp3) is 0.556. The first-order valence-corrected chi connectivity index (χ1v) is 5.40. The fourth-order valence-corrected chi connectivity index (χ4v) is 1.78. The second-order valence-electron chi connectivity index (χ2n) is 4.05. The Morgan fingerprint density at radius 1 is 1.50 bits per heavy atom. The number of nitrogen functional groups attached to an aromatic ring is 1. The highest BCUT2D eigenvalue weighted by molar-refractivity contribution is 5.67. The lowest BCUT2D eigenvalue weighted by Crippen LogP contribution is -2.50. The average Bonchev–Trinajstić information content (AvgIpc) is 2.36. The van der Waals surface area contributed by atoms with Crippen LogP contribution in [0.3, 0.4) is 0 Å². The third kappa shape index (κ3) is 2.23. The van der Waals surface area contributed by atoms with Crippen molar-refractivity contribution >= 4 is 17.5 Å². The predicted molar refractivity (Wildman–Crippen MR) is 64.3 cm³/mol. The molecule has 0 saturated heterocycles. The van der Waals surface area contributed by atoms with E-state index in [1.54, 1.807) is 0 Å². The Morgan fingerprint density at radius 2 is 2.22 bits per heavy atom. The summed E-state index contributed by atoms with van der Waals surface area (Å²) in [6.45, 7) is -0.330. The van der Waals surface area contributed by atoms with Gasteiger partial charge < -0.3 is 31.7 Å². The van der Waals surface area contributed by atoms with Gasteiger partial charge in [0.15, 0.2) is 5.82 Å². The molecule has 9 heteroatoms. The van der Waals surface area contributed by atoms with E-state index in [2.05, 4.69) is 20.6 Å². The highest BCUT2D eigenvalue weighted by Gasteiger charge is 2.30. The van der Waals surface area contributed by atoms with Crippen molar-refractivity contribution in [3.8, 4) is 0 Å². The summed E-state index contributed by atoms with van der Waals surface area (Å²) in [6.07, 6.45) is -2.50. The topological polar surface area (TPSA) is 157 Å². The van der Waals surface area contributed by atoms with Gasteiger partial charge in [0.05, 0.1) is 12.6 Å². The SMILES string of the molecule is Nc1nc2c(c(=O)[nH]1)NC([C@H](O)[C@H](O)CO)CN2. The molecule has 2 rings (SSSR count). The fourth-order valence-electron chi connectivity index (χ4n) is 1.78. The zero-order valence-electron chi connectivity index (χ0n) is 9.42. The number of aliphatic hydroxyl groups excluding tert-OH is 3. The molecule has 1 unspecified atom stereocenters. The lowest BCUT2D eigenvalue weighted by molar-refractivity contribution is -0.0210. The number of hydrogen-bond acceptors (Lipinski definition) is 8. The Kier molecular flexibility index (Phi) is 3.36. The summed E-state index contributed by atoms with van der Waals surface area (Å²) in [4.78, 5) is 17.8. The zero-order valence-corrected chi connectivity index (χ0v) is 9.42. The molecule has 9 nitrogen and oxygen atoms in total. The van der Waals surface area contributed by atoms with Crippen molar-refractivity contribution in [1.82, 2.24) is 9.97 Å². The minimum absolute atomic E-state index is 0.0116. The molecular formula is C9H15N5O4. The van der Waals surface area contributed by atoms with Gasteiger partial charge >= 0.3 is 0 Å². The van der Waals surface area contributed by atoms with Gasteiger partial charge in [0.25, 0.3) is 5.56 Å². The minimum atomic E-state index is -1.29. The third-order valence-corrected chi connectivity index (χ3v) is 2.75. The zero-order chi connectivity index (χ0) is 13.3. The van der Waals surface area contributed by atoms with E-state index in [0.29, 0.717) is 0 Å². The van der Waals surface area contributed by atoms with E-state index in [1.165, 1.54) is 0 Å². The van der Waals surface area contributed by atoms with Crippen molar-refractivity contribution in [3.05, 3.63) is 10.4 Å². The van der Waals surface area contributed by atoms with Crippen LogP contribution in [0.4, 0.5) is 17.5 Å². The third-order valence-electron chi connectivity index (χ3n) is 2.75. The van der Waals surface area contributed by atoms with E-state index >= 15 is 0 Å². The van der Waals surface area contributed by atoms with Crippen molar-refractivity contribution in [2.75, 3.05) is 29.5 Å². The molecule has 0 saturated carbocycles. The van der Waals surface area contributed by atoms with Crippen LogP contribution in [0, 0.1) is 0 Å². The summed E-state index contributed by atoms with van der Waals surface area (Å²) in [5, 5.41) is 33.5. The lowest BCUT2D eigenvalue weighted by atomic mass is 10.0. The number of aromatic amines is 1. The molecule has 0 radical (unpaired) electrons. The number of nitrogens with two attached hydrogens (primary N) is 1. The van der Waals surface area contributed by atoms with Crippen LogP contribution in [0.25, 0.3) is 0 Å². The van der Waals surface area contributed by atoms with E-state index in [-0.39, 0.29) is 24.0 Å². The molecule has 1 aliphatic rings. The monoisotopic (exact) mass is 257 g/mol. The summed E-state index contributed by atoms with van der Waals surface area (Å²) in [6, 6.07) is -0.619. The van der Waals surface area contributed by atoms with Crippen LogP contribution >= 0.6 is 0 Å². The Bertz CT molecular complexity index is 490. The van der Waals surface area contributed by atoms with Crippen LogP contribution in [-0.2, 0) is 0 Å². The molecule has 0 spiro atoms. The molecular weight excluding hydrogens is 242 g/mol. The molecule has 100 valence electrons. The van der Waals surface area contributed by atoms with Gasteiger partial charge in [0, 0.05) is 6.54 Å². The summed E-state index contributed by atoms with van der Waals surface area (Å²) in [7, 11) is 0. The molecule has 0 bridgehead atoms. The summed E-state index contributed by atoms with van der Waals surface area (Å²) in [5.41, 5.74) is 5.06. The number of fused-ring (bicyclic) bond motifs is 1. The second-order valence-corrected chi connectivity index (χ2v) is 4.05. The van der Waals surface area contributed by atoms with Crippen molar-refractivity contribution < 1.29 is 15.3 Å². The van der Waals surface area contributed by atoms with Crippen molar-refractivity contribution in [2.24, 2.45) is 0 Å². The highest BCUT2D eigenvalue weighted by Crippen LogP contribution is 2.21. The van der Waals surface area contributed by atoms with Crippen LogP contribution in [0.15, 0.2) is 4.79 Å². The van der Waals surface area contributed by atoms with Crippen LogP contribution in [0.5, 0.6) is 0 Å². The maximum atomic E-state index is 11.6. The molecule has 0 aromatic carbocycles. The van der Waals surface area contributed by atoms with E-state index < -0.39 is 30.4 Å². The van der Waals surface area contributed by atoms with Gasteiger partial charge in [0.2, 0.25) is 5.95 Å². The first-order chi connectivity index (χ1) is 8.52. The number of hydrogen-bond donors (Lipinski definition) is 7. The Labute approximate surface area is 102 Å². The predicted octanol–water partition coefficient (Wildman–Crippen LogP) is -2.73. The molecule has 18 heavy (non-hydrogen) atoms. The van der Waals surface area contributed by atoms with E-state index in [0.717, 1.165) is 0 Å². The molecule has 1 aliphatic heterocycles. The molecule has 8 N–H and O–H groups in total. The number of H-pyrrole nitrogens is 1. The van der Waals surface area contributed by atoms with E-state index in [1.807, 2.05) is 0 Å². The molecule has 0 aliphatic carbocycles. The van der Waals surface area contributed by atoms with Crippen molar-refractivity contribution in [3.63, 3.8) is 0 Å². The number of nitrogens with one attached hydrogen (secondary N) is 3. The first kappa shape index (κ1) is 12.6. The number of aliphatic hydroxyl groups is 3. The normalized spacial score (nSPS) is 21.4. The summed E-state index contributed by atoms with van der Waals surface area (Å²) >= 11 is 0.